The highest BCUT2D eigenvalue weighted by Gasteiger charge is 2.10. The van der Waals surface area contributed by atoms with Gasteiger partial charge in [-0.05, 0) is 36.8 Å². The number of hydrogen-bond donors (Lipinski definition) is 3. The van der Waals surface area contributed by atoms with Crippen molar-refractivity contribution in [3.05, 3.63) is 53.6 Å². The Labute approximate surface area is 157 Å². The van der Waals surface area contributed by atoms with E-state index in [-0.39, 0.29) is 23.9 Å². The van der Waals surface area contributed by atoms with Gasteiger partial charge in [-0.15, -0.1) is 0 Å². The van der Waals surface area contributed by atoms with Crippen LogP contribution in [0.5, 0.6) is 0 Å². The lowest BCUT2D eigenvalue weighted by Gasteiger charge is -2.07. The van der Waals surface area contributed by atoms with Crippen molar-refractivity contribution < 1.29 is 18.4 Å². The fourth-order valence-electron chi connectivity index (χ4n) is 2.31. The summed E-state index contributed by atoms with van der Waals surface area (Å²) >= 11 is 1.22. The van der Waals surface area contributed by atoms with Crippen LogP contribution in [0.3, 0.4) is 0 Å². The molecule has 1 aromatic heterocycles. The molecule has 0 bridgehead atoms. The van der Waals surface area contributed by atoms with Gasteiger partial charge in [0.15, 0.2) is 16.8 Å². The third kappa shape index (κ3) is 5.04. The number of nitrogens with one attached hydrogen (secondary N) is 3. The molecule has 2 aromatic carbocycles. The molecule has 0 atom stereocenters. The summed E-state index contributed by atoms with van der Waals surface area (Å²) in [6, 6.07) is 8.83. The fraction of sp³-hybridized carbons (Fsp3) is 0.167. The Morgan fingerprint density at radius 2 is 1.93 bits per heavy atom. The van der Waals surface area contributed by atoms with Gasteiger partial charge in [-0.1, -0.05) is 17.8 Å². The van der Waals surface area contributed by atoms with Gasteiger partial charge in [0.25, 0.3) is 0 Å². The molecule has 0 fully saturated rings. The van der Waals surface area contributed by atoms with E-state index in [9.17, 15) is 18.4 Å². The molecule has 0 radical (unpaired) electrons. The maximum Gasteiger partial charge on any atom is 0.243 e. The van der Waals surface area contributed by atoms with Crippen LogP contribution in [0, 0.1) is 18.6 Å². The second-order valence-corrected chi connectivity index (χ2v) is 6.77. The fourth-order valence-corrected chi connectivity index (χ4v) is 3.03. The van der Waals surface area contributed by atoms with Crippen molar-refractivity contribution in [2.75, 3.05) is 17.6 Å². The number of hydrogen-bond acceptors (Lipinski definition) is 4. The van der Waals surface area contributed by atoms with Gasteiger partial charge in [0.1, 0.15) is 0 Å². The molecule has 140 valence electrons. The molecule has 0 saturated carbocycles. The molecule has 0 aliphatic heterocycles. The van der Waals surface area contributed by atoms with Crippen LogP contribution in [-0.4, -0.2) is 34.1 Å². The molecule has 2 amide bonds. The van der Waals surface area contributed by atoms with Crippen molar-refractivity contribution in [2.45, 2.75) is 12.1 Å². The number of aromatic amines is 1. The van der Waals surface area contributed by atoms with Crippen LogP contribution in [0.2, 0.25) is 0 Å². The first-order chi connectivity index (χ1) is 12.9. The zero-order valence-electron chi connectivity index (χ0n) is 14.3. The number of anilines is 1. The smallest absolute Gasteiger partial charge is 0.243 e. The summed E-state index contributed by atoms with van der Waals surface area (Å²) in [6.45, 7) is 1.70. The minimum atomic E-state index is -1.06. The van der Waals surface area contributed by atoms with Gasteiger partial charge in [0, 0.05) is 11.8 Å². The average molecular weight is 390 g/mol. The maximum atomic E-state index is 13.1. The van der Waals surface area contributed by atoms with Crippen LogP contribution < -0.4 is 10.6 Å². The quantitative estimate of drug-likeness (QED) is 0.565. The molecule has 1 heterocycles. The number of carbonyl (C=O) groups excluding carboxylic acids is 2. The van der Waals surface area contributed by atoms with Gasteiger partial charge in [-0.25, -0.2) is 13.8 Å². The average Bonchev–Trinajstić information content (AvgIpc) is 3.03. The zero-order valence-corrected chi connectivity index (χ0v) is 15.1. The van der Waals surface area contributed by atoms with Crippen LogP contribution >= 0.6 is 11.8 Å². The number of amides is 2. The van der Waals surface area contributed by atoms with Gasteiger partial charge >= 0.3 is 0 Å². The Balaban J connectivity index is 1.45. The highest BCUT2D eigenvalue weighted by molar-refractivity contribution is 7.99. The van der Waals surface area contributed by atoms with E-state index in [0.717, 1.165) is 28.7 Å². The lowest BCUT2D eigenvalue weighted by molar-refractivity contribution is -0.122. The molecule has 27 heavy (non-hydrogen) atoms. The van der Waals surface area contributed by atoms with Crippen molar-refractivity contribution in [1.29, 1.82) is 0 Å². The summed E-state index contributed by atoms with van der Waals surface area (Å²) < 4.78 is 25.9. The largest absolute Gasteiger partial charge is 0.346 e. The van der Waals surface area contributed by atoms with Crippen molar-refractivity contribution in [3.8, 4) is 0 Å². The molecule has 9 heteroatoms. The minimum Gasteiger partial charge on any atom is -0.346 e. The Morgan fingerprint density at radius 1 is 1.11 bits per heavy atom. The van der Waals surface area contributed by atoms with E-state index < -0.39 is 17.5 Å². The molecular weight excluding hydrogens is 374 g/mol. The molecule has 0 aliphatic rings. The van der Waals surface area contributed by atoms with Gasteiger partial charge in [-0.3, -0.25) is 9.59 Å². The standard InChI is InChI=1S/C18H16F2N4O2S/c1-10-2-5-14-15(6-10)24-18(23-14)27-9-17(26)21-8-16(25)22-11-3-4-12(19)13(20)7-11/h2-7H,8-9H2,1H3,(H,21,26)(H,22,25)(H,23,24). The van der Waals surface area contributed by atoms with Gasteiger partial charge in [0.2, 0.25) is 11.8 Å². The predicted molar refractivity (Wildman–Crippen MR) is 99.6 cm³/mol. The lowest BCUT2D eigenvalue weighted by Crippen LogP contribution is -2.33. The summed E-state index contributed by atoms with van der Waals surface area (Å²) in [5.74, 6) is -2.87. The Kier molecular flexibility index (Phi) is 5.70. The second-order valence-electron chi connectivity index (χ2n) is 5.81. The highest BCUT2D eigenvalue weighted by Crippen LogP contribution is 2.20. The van der Waals surface area contributed by atoms with Crippen LogP contribution in [0.1, 0.15) is 5.56 Å². The number of imidazole rings is 1. The summed E-state index contributed by atoms with van der Waals surface area (Å²) in [7, 11) is 0. The SMILES string of the molecule is Cc1ccc2nc(SCC(=O)NCC(=O)Nc3ccc(F)c(F)c3)[nH]c2c1. The Morgan fingerprint density at radius 3 is 2.70 bits per heavy atom. The number of rotatable bonds is 6. The number of carbonyl (C=O) groups is 2. The number of halogens is 2. The molecular formula is C18H16F2N4O2S. The number of aryl methyl sites for hydroxylation is 1. The normalized spacial score (nSPS) is 10.8. The van der Waals surface area contributed by atoms with Crippen molar-refractivity contribution in [2.24, 2.45) is 0 Å². The summed E-state index contributed by atoms with van der Waals surface area (Å²) in [5.41, 5.74) is 2.92. The van der Waals surface area contributed by atoms with Gasteiger partial charge < -0.3 is 15.6 Å². The summed E-state index contributed by atoms with van der Waals surface area (Å²) in [6.07, 6.45) is 0. The monoisotopic (exact) mass is 390 g/mol. The molecule has 3 aromatic rings. The van der Waals surface area contributed by atoms with Crippen LogP contribution in [0.4, 0.5) is 14.5 Å². The van der Waals surface area contributed by atoms with Crippen molar-refractivity contribution in [3.63, 3.8) is 0 Å². The predicted octanol–water partition coefficient (Wildman–Crippen LogP) is 3.00. The number of fused-ring (bicyclic) bond motifs is 1. The van der Waals surface area contributed by atoms with Crippen molar-refractivity contribution >= 4 is 40.3 Å². The Bertz CT molecular complexity index is 1010. The van der Waals surface area contributed by atoms with E-state index >= 15 is 0 Å². The van der Waals surface area contributed by atoms with Crippen LogP contribution in [0.15, 0.2) is 41.6 Å². The second kappa shape index (κ2) is 8.17. The third-order valence-electron chi connectivity index (χ3n) is 3.61. The zero-order chi connectivity index (χ0) is 19.4. The van der Waals surface area contributed by atoms with E-state index in [2.05, 4.69) is 20.6 Å². The first-order valence-electron chi connectivity index (χ1n) is 8.01. The molecule has 0 spiro atoms. The third-order valence-corrected chi connectivity index (χ3v) is 4.48. The number of nitrogens with zero attached hydrogens (tertiary/aromatic N) is 1. The number of H-pyrrole nitrogens is 1. The van der Waals surface area contributed by atoms with Gasteiger partial charge in [0.05, 0.1) is 23.3 Å². The molecule has 0 aliphatic carbocycles. The number of aromatic nitrogens is 2. The van der Waals surface area contributed by atoms with Gasteiger partial charge in [-0.2, -0.15) is 0 Å². The molecule has 0 unspecified atom stereocenters. The van der Waals surface area contributed by atoms with Crippen LogP contribution in [0.25, 0.3) is 11.0 Å². The van der Waals surface area contributed by atoms with E-state index in [4.69, 9.17) is 0 Å². The molecule has 0 saturated heterocycles. The van der Waals surface area contributed by atoms with E-state index in [1.54, 1.807) is 0 Å². The van der Waals surface area contributed by atoms with E-state index in [0.29, 0.717) is 5.16 Å². The number of benzene rings is 2. The summed E-state index contributed by atoms with van der Waals surface area (Å²) in [5, 5.41) is 5.45. The first kappa shape index (κ1) is 18.8. The Hall–Kier alpha value is -2.94. The highest BCUT2D eigenvalue weighted by atomic mass is 32.2. The van der Waals surface area contributed by atoms with Crippen LogP contribution in [-0.2, 0) is 9.59 Å². The first-order valence-corrected chi connectivity index (χ1v) is 9.00. The molecule has 3 rings (SSSR count). The maximum absolute atomic E-state index is 13.1. The van der Waals surface area contributed by atoms with Crippen molar-refractivity contribution in [1.82, 2.24) is 15.3 Å². The number of thioether (sulfide) groups is 1. The lowest BCUT2D eigenvalue weighted by atomic mass is 10.2. The summed E-state index contributed by atoms with van der Waals surface area (Å²) in [4.78, 5) is 31.1. The van der Waals surface area contributed by atoms with E-state index in [1.807, 2.05) is 25.1 Å². The molecule has 6 nitrogen and oxygen atoms in total. The minimum absolute atomic E-state index is 0.0806. The topological polar surface area (TPSA) is 86.9 Å². The molecule has 3 N–H and O–H groups in total. The van der Waals surface area contributed by atoms with E-state index in [1.165, 1.54) is 17.8 Å².